The van der Waals surface area contributed by atoms with E-state index in [4.69, 9.17) is 10.5 Å². The molecule has 0 aromatic rings. The van der Waals surface area contributed by atoms with Crippen LogP contribution in [0.3, 0.4) is 0 Å². The van der Waals surface area contributed by atoms with Gasteiger partial charge in [0.15, 0.2) is 0 Å². The molecule has 0 aromatic heterocycles. The van der Waals surface area contributed by atoms with Gasteiger partial charge in [-0.3, -0.25) is 9.91 Å². The predicted octanol–water partition coefficient (Wildman–Crippen LogP) is 0.639. The molecule has 21 heavy (non-hydrogen) atoms. The molecular weight excluding hydrogens is 270 g/mol. The Kier molecular flexibility index (Phi) is 4.41. The highest BCUT2D eigenvalue weighted by molar-refractivity contribution is 5.73. The summed E-state index contributed by atoms with van der Waals surface area (Å²) in [6.07, 6.45) is 3.24. The summed E-state index contributed by atoms with van der Waals surface area (Å²) in [5, 5.41) is 6.09. The second-order valence-corrected chi connectivity index (χ2v) is 6.38. The Morgan fingerprint density at radius 2 is 1.95 bits per heavy atom. The predicted molar refractivity (Wildman–Crippen MR) is 81.7 cm³/mol. The molecule has 2 aliphatic rings. The van der Waals surface area contributed by atoms with E-state index < -0.39 is 5.60 Å². The molecule has 0 aromatic carbocycles. The quantitative estimate of drug-likeness (QED) is 0.768. The number of nitrogens with two attached hydrogens (primary N) is 1. The van der Waals surface area contributed by atoms with Crippen molar-refractivity contribution in [1.82, 2.24) is 14.8 Å². The Morgan fingerprint density at radius 3 is 2.48 bits per heavy atom. The van der Waals surface area contributed by atoms with Gasteiger partial charge in [-0.05, 0) is 26.8 Å². The lowest BCUT2D eigenvalue weighted by Gasteiger charge is -2.42. The minimum absolute atomic E-state index is 0.0317. The van der Waals surface area contributed by atoms with E-state index in [1.54, 1.807) is 11.1 Å². The van der Waals surface area contributed by atoms with Crippen LogP contribution < -0.4 is 5.73 Å². The maximum atomic E-state index is 12.0. The van der Waals surface area contributed by atoms with Gasteiger partial charge in [0.1, 0.15) is 11.8 Å². The van der Waals surface area contributed by atoms with Crippen LogP contribution in [0.2, 0.25) is 0 Å². The molecule has 7 heteroatoms. The van der Waals surface area contributed by atoms with E-state index in [1.807, 2.05) is 38.9 Å². The number of nitrogens with zero attached hydrogens (tertiary/aromatic N) is 4. The van der Waals surface area contributed by atoms with Crippen LogP contribution in [0.25, 0.3) is 0 Å². The first kappa shape index (κ1) is 15.6. The maximum Gasteiger partial charge on any atom is 0.410 e. The fourth-order valence-corrected chi connectivity index (χ4v) is 2.51. The summed E-state index contributed by atoms with van der Waals surface area (Å²) in [5.41, 5.74) is 6.38. The Bertz CT molecular complexity index is 447. The van der Waals surface area contributed by atoms with Crippen LogP contribution in [0.15, 0.2) is 16.9 Å². The fraction of sp³-hybridized carbons (Fsp3) is 0.714. The third-order valence-electron chi connectivity index (χ3n) is 3.48. The highest BCUT2D eigenvalue weighted by atomic mass is 16.6. The van der Waals surface area contributed by atoms with Gasteiger partial charge in [-0.25, -0.2) is 4.79 Å². The molecule has 1 amide bonds. The molecule has 0 aliphatic carbocycles. The lowest BCUT2D eigenvalue weighted by atomic mass is 10.2. The number of ether oxygens (including phenoxy) is 1. The molecule has 2 rings (SSSR count). The molecule has 2 N–H and O–H groups in total. The number of likely N-dealkylation sites (N-methyl/N-ethyl adjacent to an activating group) is 1. The van der Waals surface area contributed by atoms with Crippen LogP contribution in [0.1, 0.15) is 20.8 Å². The molecule has 2 aliphatic heterocycles. The van der Waals surface area contributed by atoms with E-state index in [-0.39, 0.29) is 12.3 Å². The number of carbonyl (C=O) groups is 1. The van der Waals surface area contributed by atoms with Crippen LogP contribution in [0.4, 0.5) is 4.79 Å². The molecule has 118 valence electrons. The number of piperazine rings is 1. The number of allylic oxidation sites excluding steroid dienone is 1. The minimum atomic E-state index is -0.459. The van der Waals surface area contributed by atoms with Gasteiger partial charge in [0, 0.05) is 45.1 Å². The Morgan fingerprint density at radius 1 is 1.33 bits per heavy atom. The number of rotatable bonds is 1. The van der Waals surface area contributed by atoms with E-state index in [9.17, 15) is 4.79 Å². The van der Waals surface area contributed by atoms with Crippen molar-refractivity contribution in [2.75, 3.05) is 33.2 Å². The first-order valence-corrected chi connectivity index (χ1v) is 7.22. The number of carbonyl (C=O) groups excluding carboxylic acids is 1. The number of hydrogen-bond donors (Lipinski definition) is 1. The van der Waals surface area contributed by atoms with Gasteiger partial charge in [0.05, 0.1) is 0 Å². The summed E-state index contributed by atoms with van der Waals surface area (Å²) in [7, 11) is 1.90. The summed E-state index contributed by atoms with van der Waals surface area (Å²) in [5.74, 6) is 0. The van der Waals surface area contributed by atoms with Crippen molar-refractivity contribution in [3.05, 3.63) is 11.8 Å². The van der Waals surface area contributed by atoms with Crippen molar-refractivity contribution in [3.8, 4) is 0 Å². The Labute approximate surface area is 126 Å². The van der Waals surface area contributed by atoms with Crippen LogP contribution in [-0.4, -0.2) is 72.1 Å². The lowest BCUT2D eigenvalue weighted by Crippen LogP contribution is -2.57. The molecule has 1 atom stereocenters. The fourth-order valence-electron chi connectivity index (χ4n) is 2.51. The summed E-state index contributed by atoms with van der Waals surface area (Å²) >= 11 is 0. The average Bonchev–Trinajstić information content (AvgIpc) is 2.37. The highest BCUT2D eigenvalue weighted by Crippen LogP contribution is 2.17. The zero-order chi connectivity index (χ0) is 15.6. The van der Waals surface area contributed by atoms with E-state index in [0.29, 0.717) is 13.1 Å². The molecule has 1 unspecified atom stereocenters. The summed E-state index contributed by atoms with van der Waals surface area (Å²) in [6, 6.07) is 0. The van der Waals surface area contributed by atoms with Crippen molar-refractivity contribution < 1.29 is 9.53 Å². The molecule has 1 saturated heterocycles. The van der Waals surface area contributed by atoms with Gasteiger partial charge in [0.25, 0.3) is 0 Å². The SMILES string of the molecule is CN1N=CC=C(N)C1N1CCN(C(=O)OC(C)(C)C)CC1. The van der Waals surface area contributed by atoms with Crippen molar-refractivity contribution in [1.29, 1.82) is 0 Å². The average molecular weight is 295 g/mol. The van der Waals surface area contributed by atoms with E-state index >= 15 is 0 Å². The smallest absolute Gasteiger partial charge is 0.410 e. The van der Waals surface area contributed by atoms with Gasteiger partial charge < -0.3 is 15.4 Å². The molecule has 0 spiro atoms. The van der Waals surface area contributed by atoms with E-state index in [0.717, 1.165) is 18.8 Å². The van der Waals surface area contributed by atoms with Crippen LogP contribution >= 0.6 is 0 Å². The third-order valence-corrected chi connectivity index (χ3v) is 3.48. The molecule has 7 nitrogen and oxygen atoms in total. The molecule has 1 fully saturated rings. The molecule has 0 saturated carbocycles. The Balaban J connectivity index is 1.90. The van der Waals surface area contributed by atoms with Crippen LogP contribution in [-0.2, 0) is 4.74 Å². The summed E-state index contributed by atoms with van der Waals surface area (Å²) in [4.78, 5) is 16.0. The van der Waals surface area contributed by atoms with Crippen molar-refractivity contribution in [2.45, 2.75) is 32.5 Å². The van der Waals surface area contributed by atoms with Gasteiger partial charge in [-0.15, -0.1) is 0 Å². The van der Waals surface area contributed by atoms with Crippen molar-refractivity contribution in [2.24, 2.45) is 10.8 Å². The van der Waals surface area contributed by atoms with Crippen molar-refractivity contribution >= 4 is 12.3 Å². The zero-order valence-corrected chi connectivity index (χ0v) is 13.2. The standard InChI is InChI=1S/C14H25N5O2/c1-14(2,3)21-13(20)19-9-7-18(8-10-19)12-11(15)5-6-16-17(12)4/h5-6,12H,7-10,15H2,1-4H3. The van der Waals surface area contributed by atoms with Gasteiger partial charge in [0.2, 0.25) is 0 Å². The monoisotopic (exact) mass is 295 g/mol. The topological polar surface area (TPSA) is 74.4 Å². The van der Waals surface area contributed by atoms with Crippen LogP contribution in [0.5, 0.6) is 0 Å². The molecule has 0 bridgehead atoms. The van der Waals surface area contributed by atoms with Gasteiger partial charge in [-0.2, -0.15) is 5.10 Å². The number of hydrazone groups is 1. The summed E-state index contributed by atoms with van der Waals surface area (Å²) in [6.45, 7) is 8.40. The Hall–Kier alpha value is -1.76. The minimum Gasteiger partial charge on any atom is -0.444 e. The largest absolute Gasteiger partial charge is 0.444 e. The normalized spacial score (nSPS) is 24.0. The molecular formula is C14H25N5O2. The van der Waals surface area contributed by atoms with E-state index in [2.05, 4.69) is 10.0 Å². The zero-order valence-electron chi connectivity index (χ0n) is 13.2. The first-order chi connectivity index (χ1) is 9.78. The maximum absolute atomic E-state index is 12.0. The lowest BCUT2D eigenvalue weighted by molar-refractivity contribution is 0.000191. The number of hydrogen-bond acceptors (Lipinski definition) is 6. The van der Waals surface area contributed by atoms with E-state index in [1.165, 1.54) is 0 Å². The van der Waals surface area contributed by atoms with Crippen LogP contribution in [0, 0.1) is 0 Å². The second-order valence-electron chi connectivity index (χ2n) is 6.38. The summed E-state index contributed by atoms with van der Waals surface area (Å²) < 4.78 is 5.40. The highest BCUT2D eigenvalue weighted by Gasteiger charge is 2.32. The number of amides is 1. The molecule has 0 radical (unpaired) electrons. The first-order valence-electron chi connectivity index (χ1n) is 7.22. The van der Waals surface area contributed by atoms with Crippen molar-refractivity contribution in [3.63, 3.8) is 0 Å². The van der Waals surface area contributed by atoms with Gasteiger partial charge in [-0.1, -0.05) is 0 Å². The van der Waals surface area contributed by atoms with Gasteiger partial charge >= 0.3 is 6.09 Å². The molecule has 2 heterocycles. The second kappa shape index (κ2) is 5.93. The third kappa shape index (κ3) is 3.87.